The molecule has 0 unspecified atom stereocenters. The van der Waals surface area contributed by atoms with Crippen molar-refractivity contribution in [2.45, 2.75) is 6.92 Å². The van der Waals surface area contributed by atoms with Gasteiger partial charge in [0.25, 0.3) is 5.56 Å². The zero-order valence-electron chi connectivity index (χ0n) is 8.75. The quantitative estimate of drug-likeness (QED) is 0.799. The van der Waals surface area contributed by atoms with Gasteiger partial charge in [0.1, 0.15) is 0 Å². The van der Waals surface area contributed by atoms with Crippen LogP contribution in [0, 0.1) is 6.92 Å². The van der Waals surface area contributed by atoms with Crippen LogP contribution in [0.4, 0.5) is 0 Å². The molecule has 0 amide bonds. The molecule has 0 aliphatic carbocycles. The number of aromatic nitrogens is 2. The third-order valence-electron chi connectivity index (χ3n) is 2.23. The second-order valence-corrected chi connectivity index (χ2v) is 5.09. The van der Waals surface area contributed by atoms with Crippen LogP contribution in [0.3, 0.4) is 0 Å². The predicted octanol–water partition coefficient (Wildman–Crippen LogP) is 3.61. The maximum atomic E-state index is 12.0. The van der Waals surface area contributed by atoms with Gasteiger partial charge in [-0.3, -0.25) is 4.79 Å². The van der Waals surface area contributed by atoms with Gasteiger partial charge in [0.2, 0.25) is 0 Å². The first-order chi connectivity index (χ1) is 8.00. The van der Waals surface area contributed by atoms with Gasteiger partial charge in [-0.25, -0.2) is 0 Å². The Morgan fingerprint density at radius 3 is 2.71 bits per heavy atom. The molecular formula is C11H7BrCl2N2O. The monoisotopic (exact) mass is 332 g/mol. The van der Waals surface area contributed by atoms with E-state index in [0.717, 1.165) is 5.56 Å². The van der Waals surface area contributed by atoms with Crippen LogP contribution in [0.2, 0.25) is 10.0 Å². The Kier molecular flexibility index (Phi) is 3.56. The minimum absolute atomic E-state index is 0.255. The molecule has 0 saturated carbocycles. The Hall–Kier alpha value is -0.840. The van der Waals surface area contributed by atoms with Gasteiger partial charge < -0.3 is 0 Å². The lowest BCUT2D eigenvalue weighted by Crippen LogP contribution is -2.22. The maximum absolute atomic E-state index is 12.0. The van der Waals surface area contributed by atoms with E-state index in [0.29, 0.717) is 20.2 Å². The molecule has 0 saturated heterocycles. The fraction of sp³-hybridized carbons (Fsp3) is 0.0909. The van der Waals surface area contributed by atoms with Crippen LogP contribution in [-0.2, 0) is 0 Å². The van der Waals surface area contributed by atoms with Gasteiger partial charge in [-0.05, 0) is 46.6 Å². The Morgan fingerprint density at radius 2 is 2.06 bits per heavy atom. The standard InChI is InChI=1S/C11H7BrCl2N2O/c1-6-5-15-16(11(17)10(6)12)9-3-2-7(13)4-8(9)14/h2-5H,1H3. The molecule has 88 valence electrons. The molecule has 0 atom stereocenters. The van der Waals surface area contributed by atoms with Crippen LogP contribution in [-0.4, -0.2) is 9.78 Å². The molecule has 3 nitrogen and oxygen atoms in total. The number of nitrogens with zero attached hydrogens (tertiary/aromatic N) is 2. The van der Waals surface area contributed by atoms with Gasteiger partial charge in [0.05, 0.1) is 21.4 Å². The first kappa shape index (κ1) is 12.6. The second-order valence-electron chi connectivity index (χ2n) is 3.45. The van der Waals surface area contributed by atoms with E-state index in [1.165, 1.54) is 4.68 Å². The summed E-state index contributed by atoms with van der Waals surface area (Å²) in [6, 6.07) is 4.88. The topological polar surface area (TPSA) is 34.9 Å². The molecule has 0 radical (unpaired) electrons. The molecule has 1 aromatic heterocycles. The highest BCUT2D eigenvalue weighted by Gasteiger charge is 2.10. The SMILES string of the molecule is Cc1cnn(-c2ccc(Cl)cc2Cl)c(=O)c1Br. The maximum Gasteiger partial charge on any atom is 0.286 e. The predicted molar refractivity (Wildman–Crippen MR) is 72.3 cm³/mol. The lowest BCUT2D eigenvalue weighted by atomic mass is 10.3. The number of benzene rings is 1. The number of hydrogen-bond donors (Lipinski definition) is 0. The highest BCUT2D eigenvalue weighted by Crippen LogP contribution is 2.23. The summed E-state index contributed by atoms with van der Waals surface area (Å²) in [6.07, 6.45) is 1.59. The molecule has 6 heteroatoms. The molecule has 1 heterocycles. The molecule has 0 bridgehead atoms. The van der Waals surface area contributed by atoms with Crippen molar-refractivity contribution in [2.75, 3.05) is 0 Å². The third-order valence-corrected chi connectivity index (χ3v) is 3.73. The second kappa shape index (κ2) is 4.80. The van der Waals surface area contributed by atoms with Gasteiger partial charge in [-0.15, -0.1) is 0 Å². The third kappa shape index (κ3) is 2.39. The fourth-order valence-electron chi connectivity index (χ4n) is 1.34. The molecule has 1 aromatic carbocycles. The van der Waals surface area contributed by atoms with Crippen molar-refractivity contribution in [3.63, 3.8) is 0 Å². The zero-order valence-corrected chi connectivity index (χ0v) is 11.8. The van der Waals surface area contributed by atoms with Crippen molar-refractivity contribution in [1.82, 2.24) is 9.78 Å². The summed E-state index contributed by atoms with van der Waals surface area (Å²) in [5, 5.41) is 4.94. The molecule has 0 fully saturated rings. The van der Waals surface area contributed by atoms with Crippen LogP contribution in [0.5, 0.6) is 0 Å². The number of hydrogen-bond acceptors (Lipinski definition) is 2. The summed E-state index contributed by atoms with van der Waals surface area (Å²) in [6.45, 7) is 1.80. The normalized spacial score (nSPS) is 10.6. The summed E-state index contributed by atoms with van der Waals surface area (Å²) >= 11 is 15.1. The molecule has 0 N–H and O–H groups in total. The Balaban J connectivity index is 2.70. The summed E-state index contributed by atoms with van der Waals surface area (Å²) in [5.74, 6) is 0. The van der Waals surface area contributed by atoms with Crippen molar-refractivity contribution in [3.8, 4) is 5.69 Å². The largest absolute Gasteiger partial charge is 0.286 e. The average Bonchev–Trinajstić information content (AvgIpc) is 2.28. The van der Waals surface area contributed by atoms with Crippen LogP contribution in [0.1, 0.15) is 5.56 Å². The average molecular weight is 334 g/mol. The minimum atomic E-state index is -0.255. The van der Waals surface area contributed by atoms with Gasteiger partial charge >= 0.3 is 0 Å². The van der Waals surface area contributed by atoms with Crippen LogP contribution < -0.4 is 5.56 Å². The lowest BCUT2D eigenvalue weighted by Gasteiger charge is -2.08. The van der Waals surface area contributed by atoms with E-state index in [2.05, 4.69) is 21.0 Å². The highest BCUT2D eigenvalue weighted by molar-refractivity contribution is 9.10. The first-order valence-electron chi connectivity index (χ1n) is 4.70. The molecule has 2 aromatic rings. The van der Waals surface area contributed by atoms with Crippen LogP contribution in [0.25, 0.3) is 5.69 Å². The van der Waals surface area contributed by atoms with Gasteiger partial charge in [-0.1, -0.05) is 23.2 Å². The van der Waals surface area contributed by atoms with E-state index in [1.807, 2.05) is 0 Å². The Labute approximate surface area is 116 Å². The van der Waals surface area contributed by atoms with Crippen molar-refractivity contribution in [1.29, 1.82) is 0 Å². The minimum Gasteiger partial charge on any atom is -0.266 e. The van der Waals surface area contributed by atoms with E-state index in [1.54, 1.807) is 31.3 Å². The molecular weight excluding hydrogens is 327 g/mol. The van der Waals surface area contributed by atoms with Gasteiger partial charge in [0.15, 0.2) is 0 Å². The molecule has 0 aliphatic rings. The zero-order chi connectivity index (χ0) is 12.6. The summed E-state index contributed by atoms with van der Waals surface area (Å²) in [5.41, 5.74) is 1.02. The summed E-state index contributed by atoms with van der Waals surface area (Å²) < 4.78 is 1.70. The molecule has 0 spiro atoms. The molecule has 0 aliphatic heterocycles. The van der Waals surface area contributed by atoms with E-state index in [9.17, 15) is 4.79 Å². The van der Waals surface area contributed by atoms with Gasteiger partial charge in [-0.2, -0.15) is 9.78 Å². The van der Waals surface area contributed by atoms with E-state index >= 15 is 0 Å². The van der Waals surface area contributed by atoms with Crippen molar-refractivity contribution in [3.05, 3.63) is 54.8 Å². The van der Waals surface area contributed by atoms with Crippen molar-refractivity contribution < 1.29 is 0 Å². The molecule has 2 rings (SSSR count). The Bertz CT molecular complexity index is 640. The Morgan fingerprint density at radius 1 is 1.35 bits per heavy atom. The first-order valence-corrected chi connectivity index (χ1v) is 6.25. The van der Waals surface area contributed by atoms with Crippen molar-refractivity contribution in [2.24, 2.45) is 0 Å². The fourth-order valence-corrected chi connectivity index (χ4v) is 2.10. The van der Waals surface area contributed by atoms with E-state index < -0.39 is 0 Å². The number of aryl methyl sites for hydroxylation is 1. The van der Waals surface area contributed by atoms with Gasteiger partial charge in [0, 0.05) is 5.02 Å². The summed E-state index contributed by atoms with van der Waals surface area (Å²) in [4.78, 5) is 12.0. The van der Waals surface area contributed by atoms with Crippen molar-refractivity contribution >= 4 is 39.1 Å². The smallest absolute Gasteiger partial charge is 0.266 e. The van der Waals surface area contributed by atoms with E-state index in [4.69, 9.17) is 23.2 Å². The van der Waals surface area contributed by atoms with Crippen LogP contribution >= 0.6 is 39.1 Å². The van der Waals surface area contributed by atoms with Crippen LogP contribution in [0.15, 0.2) is 33.7 Å². The highest BCUT2D eigenvalue weighted by atomic mass is 79.9. The lowest BCUT2D eigenvalue weighted by molar-refractivity contribution is 0.793. The summed E-state index contributed by atoms with van der Waals surface area (Å²) in [7, 11) is 0. The van der Waals surface area contributed by atoms with E-state index in [-0.39, 0.29) is 5.56 Å². The molecule has 17 heavy (non-hydrogen) atoms. The number of rotatable bonds is 1. The number of halogens is 3.